The quantitative estimate of drug-likeness (QED) is 0.626. The van der Waals surface area contributed by atoms with Crippen LogP contribution in [0.1, 0.15) is 52.2 Å². The van der Waals surface area contributed by atoms with E-state index in [1.54, 1.807) is 0 Å². The average Bonchev–Trinajstić information content (AvgIpc) is 2.36. The molecule has 0 heteroatoms. The summed E-state index contributed by atoms with van der Waals surface area (Å²) < 4.78 is 0. The van der Waals surface area contributed by atoms with E-state index in [9.17, 15) is 0 Å². The molecule has 1 rings (SSSR count). The second-order valence-corrected chi connectivity index (χ2v) is 2.70. The van der Waals surface area contributed by atoms with E-state index in [1.807, 2.05) is 33.8 Å². The third kappa shape index (κ3) is 7.99. The molecule has 1 aromatic carbocycles. The van der Waals surface area contributed by atoms with Crippen molar-refractivity contribution < 1.29 is 0 Å². The molecule has 15 heavy (non-hydrogen) atoms. The van der Waals surface area contributed by atoms with Crippen molar-refractivity contribution in [1.82, 2.24) is 0 Å². The Labute approximate surface area is 96.0 Å². The summed E-state index contributed by atoms with van der Waals surface area (Å²) in [5, 5.41) is 0. The highest BCUT2D eigenvalue weighted by atomic mass is 13.9. The normalized spacial score (nSPS) is 7.80. The van der Waals surface area contributed by atoms with Crippen LogP contribution in [0.4, 0.5) is 0 Å². The molecule has 0 saturated carbocycles. The largest absolute Gasteiger partial charge is 0.0985 e. The van der Waals surface area contributed by atoms with Gasteiger partial charge in [-0.25, -0.2) is 0 Å². The van der Waals surface area contributed by atoms with Gasteiger partial charge in [0.05, 0.1) is 0 Å². The van der Waals surface area contributed by atoms with E-state index in [0.29, 0.717) is 0 Å². The molecule has 0 radical (unpaired) electrons. The molecule has 86 valence electrons. The smallest absolute Gasteiger partial charge is 0.0262 e. The maximum absolute atomic E-state index is 3.71. The maximum atomic E-state index is 3.71. The van der Waals surface area contributed by atoms with Crippen molar-refractivity contribution in [1.29, 1.82) is 0 Å². The van der Waals surface area contributed by atoms with Crippen LogP contribution >= 0.6 is 0 Å². The van der Waals surface area contributed by atoms with Gasteiger partial charge in [-0.15, -0.1) is 0 Å². The molecular formula is C15H26. The summed E-state index contributed by atoms with van der Waals surface area (Å²) >= 11 is 0. The highest BCUT2D eigenvalue weighted by molar-refractivity contribution is 5.47. The molecule has 0 heterocycles. The summed E-state index contributed by atoms with van der Waals surface area (Å²) in [6.45, 7) is 13.9. The number of rotatable bonds is 3. The minimum absolute atomic E-state index is 1.18. The number of aryl methyl sites for hydroxylation is 1. The Morgan fingerprint density at radius 1 is 1.00 bits per heavy atom. The molecule has 0 unspecified atom stereocenters. The van der Waals surface area contributed by atoms with Crippen molar-refractivity contribution in [2.24, 2.45) is 0 Å². The van der Waals surface area contributed by atoms with Crippen LogP contribution in [0.2, 0.25) is 0 Å². The van der Waals surface area contributed by atoms with Gasteiger partial charge < -0.3 is 0 Å². The Bertz CT molecular complexity index is 218. The van der Waals surface area contributed by atoms with Crippen LogP contribution in [0.25, 0.3) is 6.08 Å². The van der Waals surface area contributed by atoms with Crippen molar-refractivity contribution in [2.75, 3.05) is 0 Å². The standard InChI is InChI=1S/C11H14.2C2H6/c1-3-5-11-8-6-10(4-2)7-9-11;2*1-2/h4,6-9H,2-3,5H2,1H3;2*1-2H3. The minimum Gasteiger partial charge on any atom is -0.0985 e. The Morgan fingerprint density at radius 2 is 1.47 bits per heavy atom. The molecule has 0 saturated heterocycles. The molecule has 0 amide bonds. The lowest BCUT2D eigenvalue weighted by molar-refractivity contribution is 0.922. The third-order valence-electron chi connectivity index (χ3n) is 1.75. The summed E-state index contributed by atoms with van der Waals surface area (Å²) in [7, 11) is 0. The van der Waals surface area contributed by atoms with Gasteiger partial charge in [-0.1, -0.05) is 78.0 Å². The molecule has 0 atom stereocenters. The molecule has 0 spiro atoms. The van der Waals surface area contributed by atoms with E-state index in [0.717, 1.165) is 0 Å². The highest BCUT2D eigenvalue weighted by Gasteiger charge is 1.89. The lowest BCUT2D eigenvalue weighted by atomic mass is 10.1. The minimum atomic E-state index is 1.18. The van der Waals surface area contributed by atoms with Crippen molar-refractivity contribution >= 4 is 6.08 Å². The average molecular weight is 206 g/mol. The topological polar surface area (TPSA) is 0 Å². The molecular weight excluding hydrogens is 180 g/mol. The first-order chi connectivity index (χ1) is 7.36. The Balaban J connectivity index is 0. The van der Waals surface area contributed by atoms with E-state index in [2.05, 4.69) is 37.8 Å². The number of hydrogen-bond donors (Lipinski definition) is 0. The van der Waals surface area contributed by atoms with Gasteiger partial charge in [-0.2, -0.15) is 0 Å². The Morgan fingerprint density at radius 3 is 1.80 bits per heavy atom. The molecule has 0 nitrogen and oxygen atoms in total. The van der Waals surface area contributed by atoms with Crippen LogP contribution in [0.5, 0.6) is 0 Å². The van der Waals surface area contributed by atoms with Crippen LogP contribution in [0, 0.1) is 0 Å². The van der Waals surface area contributed by atoms with Crippen molar-refractivity contribution in [2.45, 2.75) is 47.5 Å². The zero-order valence-electron chi connectivity index (χ0n) is 11.0. The maximum Gasteiger partial charge on any atom is -0.0262 e. The van der Waals surface area contributed by atoms with Gasteiger partial charge in [0.2, 0.25) is 0 Å². The lowest BCUT2D eigenvalue weighted by Crippen LogP contribution is -1.81. The summed E-state index contributed by atoms with van der Waals surface area (Å²) in [5.41, 5.74) is 2.61. The number of benzene rings is 1. The predicted molar refractivity (Wildman–Crippen MR) is 73.2 cm³/mol. The fourth-order valence-electron chi connectivity index (χ4n) is 1.11. The third-order valence-corrected chi connectivity index (χ3v) is 1.75. The van der Waals surface area contributed by atoms with E-state index in [-0.39, 0.29) is 0 Å². The van der Waals surface area contributed by atoms with Gasteiger partial charge in [0, 0.05) is 0 Å². The summed E-state index contributed by atoms with van der Waals surface area (Å²) in [6, 6.07) is 8.55. The van der Waals surface area contributed by atoms with Crippen LogP contribution in [0.3, 0.4) is 0 Å². The monoisotopic (exact) mass is 206 g/mol. The first-order valence-electron chi connectivity index (χ1n) is 6.08. The lowest BCUT2D eigenvalue weighted by Gasteiger charge is -1.97. The highest BCUT2D eigenvalue weighted by Crippen LogP contribution is 2.06. The second kappa shape index (κ2) is 13.0. The Hall–Kier alpha value is -1.04. The molecule has 0 aliphatic rings. The summed E-state index contributed by atoms with van der Waals surface area (Å²) in [5.74, 6) is 0. The van der Waals surface area contributed by atoms with Gasteiger partial charge >= 0.3 is 0 Å². The van der Waals surface area contributed by atoms with Crippen LogP contribution in [0.15, 0.2) is 30.8 Å². The molecule has 0 aliphatic carbocycles. The number of hydrogen-bond acceptors (Lipinski definition) is 0. The van der Waals surface area contributed by atoms with Gasteiger partial charge in [-0.3, -0.25) is 0 Å². The van der Waals surface area contributed by atoms with Crippen LogP contribution in [-0.2, 0) is 6.42 Å². The fraction of sp³-hybridized carbons (Fsp3) is 0.467. The van der Waals surface area contributed by atoms with E-state index >= 15 is 0 Å². The van der Waals surface area contributed by atoms with Gasteiger partial charge in [-0.05, 0) is 17.5 Å². The van der Waals surface area contributed by atoms with Crippen molar-refractivity contribution in [3.63, 3.8) is 0 Å². The zero-order valence-corrected chi connectivity index (χ0v) is 11.0. The summed E-state index contributed by atoms with van der Waals surface area (Å²) in [4.78, 5) is 0. The van der Waals surface area contributed by atoms with Crippen LogP contribution in [-0.4, -0.2) is 0 Å². The van der Waals surface area contributed by atoms with E-state index < -0.39 is 0 Å². The fourth-order valence-corrected chi connectivity index (χ4v) is 1.11. The molecule has 0 aromatic heterocycles. The predicted octanol–water partition coefficient (Wildman–Crippen LogP) is 5.33. The molecule has 0 aliphatic heterocycles. The van der Waals surface area contributed by atoms with Gasteiger partial charge in [0.25, 0.3) is 0 Å². The SMILES string of the molecule is C=Cc1ccc(CCC)cc1.CC.CC. The van der Waals surface area contributed by atoms with Crippen LogP contribution < -0.4 is 0 Å². The zero-order chi connectivity index (χ0) is 12.1. The van der Waals surface area contributed by atoms with Gasteiger partial charge in [0.15, 0.2) is 0 Å². The van der Waals surface area contributed by atoms with Crippen molar-refractivity contribution in [3.8, 4) is 0 Å². The summed E-state index contributed by atoms with van der Waals surface area (Å²) in [6.07, 6.45) is 4.26. The molecule has 0 bridgehead atoms. The first kappa shape index (κ1) is 16.4. The molecule has 0 N–H and O–H groups in total. The van der Waals surface area contributed by atoms with Gasteiger partial charge in [0.1, 0.15) is 0 Å². The van der Waals surface area contributed by atoms with E-state index in [4.69, 9.17) is 0 Å². The Kier molecular flexibility index (Phi) is 14.2. The second-order valence-electron chi connectivity index (χ2n) is 2.70. The van der Waals surface area contributed by atoms with E-state index in [1.165, 1.54) is 24.0 Å². The molecule has 1 aromatic rings. The van der Waals surface area contributed by atoms with Crippen molar-refractivity contribution in [3.05, 3.63) is 42.0 Å². The first-order valence-corrected chi connectivity index (χ1v) is 6.08. The molecule has 0 fully saturated rings.